The van der Waals surface area contributed by atoms with Gasteiger partial charge in [0.15, 0.2) is 5.82 Å². The zero-order chi connectivity index (χ0) is 10.6. The monoisotopic (exact) mass is 193 g/mol. The van der Waals surface area contributed by atoms with E-state index in [0.29, 0.717) is 0 Å². The third kappa shape index (κ3) is 2.62. The summed E-state index contributed by atoms with van der Waals surface area (Å²) in [5.74, 6) is 0.893. The van der Waals surface area contributed by atoms with Crippen LogP contribution in [0.25, 0.3) is 0 Å². The van der Waals surface area contributed by atoms with Crippen molar-refractivity contribution in [2.45, 2.75) is 26.7 Å². The van der Waals surface area contributed by atoms with Gasteiger partial charge in [-0.1, -0.05) is 13.3 Å². The van der Waals surface area contributed by atoms with E-state index in [1.165, 1.54) is 12.8 Å². The van der Waals surface area contributed by atoms with Gasteiger partial charge >= 0.3 is 0 Å². The minimum absolute atomic E-state index is 0.767. The van der Waals surface area contributed by atoms with Crippen LogP contribution in [0.2, 0.25) is 0 Å². The second-order valence-corrected chi connectivity index (χ2v) is 3.70. The molecule has 1 aromatic heterocycles. The average Bonchev–Trinajstić information content (AvgIpc) is 2.14. The van der Waals surface area contributed by atoms with Crippen molar-refractivity contribution in [3.63, 3.8) is 0 Å². The predicted molar refractivity (Wildman–Crippen MR) is 61.6 cm³/mol. The summed E-state index contributed by atoms with van der Waals surface area (Å²) in [5.41, 5.74) is 7.76. The molecule has 0 bridgehead atoms. The molecule has 0 saturated carbocycles. The second-order valence-electron chi connectivity index (χ2n) is 3.70. The molecule has 0 aliphatic heterocycles. The molecule has 0 spiro atoms. The van der Waals surface area contributed by atoms with Crippen LogP contribution in [0, 0.1) is 6.92 Å². The Labute approximate surface area is 85.9 Å². The molecule has 14 heavy (non-hydrogen) atoms. The van der Waals surface area contributed by atoms with Crippen molar-refractivity contribution in [3.05, 3.63) is 17.8 Å². The number of rotatable bonds is 4. The van der Waals surface area contributed by atoms with E-state index in [1.807, 2.05) is 26.2 Å². The van der Waals surface area contributed by atoms with E-state index in [4.69, 9.17) is 5.73 Å². The lowest BCUT2D eigenvalue weighted by atomic mass is 10.2. The number of aryl methyl sites for hydroxylation is 1. The van der Waals surface area contributed by atoms with Gasteiger partial charge in [-0.05, 0) is 25.0 Å². The Morgan fingerprint density at radius 3 is 2.79 bits per heavy atom. The van der Waals surface area contributed by atoms with Crippen LogP contribution in [0.15, 0.2) is 12.3 Å². The summed E-state index contributed by atoms with van der Waals surface area (Å²) in [6.07, 6.45) is 4.22. The second kappa shape index (κ2) is 4.84. The number of nitrogen functional groups attached to an aromatic ring is 1. The largest absolute Gasteiger partial charge is 0.396 e. The van der Waals surface area contributed by atoms with Gasteiger partial charge in [0.05, 0.1) is 5.69 Å². The summed E-state index contributed by atoms with van der Waals surface area (Å²) >= 11 is 0. The van der Waals surface area contributed by atoms with E-state index in [-0.39, 0.29) is 0 Å². The summed E-state index contributed by atoms with van der Waals surface area (Å²) in [7, 11) is 2.03. The molecule has 3 heteroatoms. The van der Waals surface area contributed by atoms with Crippen LogP contribution >= 0.6 is 0 Å². The lowest BCUT2D eigenvalue weighted by molar-refractivity contribution is 0.760. The van der Waals surface area contributed by atoms with Gasteiger partial charge in [0.1, 0.15) is 0 Å². The van der Waals surface area contributed by atoms with E-state index >= 15 is 0 Å². The number of hydrogen-bond donors (Lipinski definition) is 1. The molecule has 0 aromatic carbocycles. The molecule has 2 N–H and O–H groups in total. The standard InChI is InChI=1S/C11H19N3/c1-4-5-6-14(3)11-10(12)7-9(2)8-13-11/h7-8H,4-6,12H2,1-3H3. The number of nitrogens with two attached hydrogens (primary N) is 1. The molecule has 0 aliphatic carbocycles. The molecular weight excluding hydrogens is 174 g/mol. The molecule has 1 aromatic rings. The molecule has 0 saturated heterocycles. The first-order chi connectivity index (χ1) is 6.65. The van der Waals surface area contributed by atoms with E-state index < -0.39 is 0 Å². The molecular formula is C11H19N3. The average molecular weight is 193 g/mol. The first-order valence-electron chi connectivity index (χ1n) is 5.08. The number of anilines is 2. The molecule has 78 valence electrons. The minimum Gasteiger partial charge on any atom is -0.396 e. The molecule has 3 nitrogen and oxygen atoms in total. The number of nitrogens with zero attached hydrogens (tertiary/aromatic N) is 2. The Morgan fingerprint density at radius 2 is 2.21 bits per heavy atom. The number of hydrogen-bond acceptors (Lipinski definition) is 3. The first-order valence-corrected chi connectivity index (χ1v) is 5.08. The minimum atomic E-state index is 0.767. The van der Waals surface area contributed by atoms with Gasteiger partial charge < -0.3 is 10.6 Å². The summed E-state index contributed by atoms with van der Waals surface area (Å²) in [6.45, 7) is 5.19. The fraction of sp³-hybridized carbons (Fsp3) is 0.545. The van der Waals surface area contributed by atoms with Gasteiger partial charge in [0.25, 0.3) is 0 Å². The number of pyridine rings is 1. The van der Waals surface area contributed by atoms with E-state index in [0.717, 1.165) is 23.6 Å². The van der Waals surface area contributed by atoms with Crippen LogP contribution in [-0.2, 0) is 0 Å². The highest BCUT2D eigenvalue weighted by atomic mass is 15.2. The van der Waals surface area contributed by atoms with E-state index in [1.54, 1.807) is 0 Å². The Morgan fingerprint density at radius 1 is 1.50 bits per heavy atom. The SMILES string of the molecule is CCCCN(C)c1ncc(C)cc1N. The van der Waals surface area contributed by atoms with Gasteiger partial charge in [-0.25, -0.2) is 4.98 Å². The van der Waals surface area contributed by atoms with Crippen LogP contribution in [0.3, 0.4) is 0 Å². The Balaban J connectivity index is 2.74. The zero-order valence-corrected chi connectivity index (χ0v) is 9.25. The topological polar surface area (TPSA) is 42.2 Å². The van der Waals surface area contributed by atoms with Crippen LogP contribution in [0.4, 0.5) is 11.5 Å². The van der Waals surface area contributed by atoms with Crippen LogP contribution < -0.4 is 10.6 Å². The highest BCUT2D eigenvalue weighted by molar-refractivity contribution is 5.62. The van der Waals surface area contributed by atoms with Crippen molar-refractivity contribution < 1.29 is 0 Å². The lowest BCUT2D eigenvalue weighted by Crippen LogP contribution is -2.20. The van der Waals surface area contributed by atoms with Crippen molar-refractivity contribution in [2.75, 3.05) is 24.2 Å². The Bertz CT molecular complexity index is 297. The fourth-order valence-corrected chi connectivity index (χ4v) is 1.40. The molecule has 0 unspecified atom stereocenters. The third-order valence-electron chi connectivity index (χ3n) is 2.24. The maximum Gasteiger partial charge on any atom is 0.151 e. The summed E-state index contributed by atoms with van der Waals surface area (Å²) < 4.78 is 0. The van der Waals surface area contributed by atoms with Crippen molar-refractivity contribution >= 4 is 11.5 Å². The van der Waals surface area contributed by atoms with Crippen LogP contribution in [0.1, 0.15) is 25.3 Å². The molecule has 0 radical (unpaired) electrons. The first kappa shape index (κ1) is 10.8. The molecule has 0 atom stereocenters. The van der Waals surface area contributed by atoms with Gasteiger partial charge in [-0.15, -0.1) is 0 Å². The highest BCUT2D eigenvalue weighted by Crippen LogP contribution is 2.19. The predicted octanol–water partition coefficient (Wildman–Crippen LogP) is 2.21. The van der Waals surface area contributed by atoms with Crippen molar-refractivity contribution in [3.8, 4) is 0 Å². The normalized spacial score (nSPS) is 10.2. The Hall–Kier alpha value is -1.25. The van der Waals surface area contributed by atoms with Gasteiger partial charge in [-0.3, -0.25) is 0 Å². The summed E-state index contributed by atoms with van der Waals surface area (Å²) in [5, 5.41) is 0. The van der Waals surface area contributed by atoms with Crippen molar-refractivity contribution in [1.82, 2.24) is 4.98 Å². The lowest BCUT2D eigenvalue weighted by Gasteiger charge is -2.19. The van der Waals surface area contributed by atoms with Gasteiger partial charge in [0.2, 0.25) is 0 Å². The summed E-state index contributed by atoms with van der Waals surface area (Å²) in [4.78, 5) is 6.44. The van der Waals surface area contributed by atoms with Crippen LogP contribution in [0.5, 0.6) is 0 Å². The molecule has 1 rings (SSSR count). The molecule has 0 amide bonds. The Kier molecular flexibility index (Phi) is 3.74. The maximum absolute atomic E-state index is 5.89. The number of aromatic nitrogens is 1. The van der Waals surface area contributed by atoms with Crippen molar-refractivity contribution in [2.24, 2.45) is 0 Å². The molecule has 1 heterocycles. The quantitative estimate of drug-likeness (QED) is 0.797. The molecule has 0 fully saturated rings. The van der Waals surface area contributed by atoms with E-state index in [9.17, 15) is 0 Å². The number of unbranched alkanes of at least 4 members (excludes halogenated alkanes) is 1. The molecule has 0 aliphatic rings. The summed E-state index contributed by atoms with van der Waals surface area (Å²) in [6, 6.07) is 1.96. The third-order valence-corrected chi connectivity index (χ3v) is 2.24. The van der Waals surface area contributed by atoms with Crippen LogP contribution in [-0.4, -0.2) is 18.6 Å². The van der Waals surface area contributed by atoms with E-state index in [2.05, 4.69) is 16.8 Å². The smallest absolute Gasteiger partial charge is 0.151 e. The highest BCUT2D eigenvalue weighted by Gasteiger charge is 2.05. The van der Waals surface area contributed by atoms with Gasteiger partial charge in [-0.2, -0.15) is 0 Å². The van der Waals surface area contributed by atoms with Crippen molar-refractivity contribution in [1.29, 1.82) is 0 Å². The maximum atomic E-state index is 5.89. The fourth-order valence-electron chi connectivity index (χ4n) is 1.40. The van der Waals surface area contributed by atoms with Gasteiger partial charge in [0, 0.05) is 19.8 Å². The zero-order valence-electron chi connectivity index (χ0n) is 9.25.